The van der Waals surface area contributed by atoms with E-state index in [2.05, 4.69) is 28.0 Å². The predicted molar refractivity (Wildman–Crippen MR) is 93.3 cm³/mol. The Morgan fingerprint density at radius 3 is 2.91 bits per heavy atom. The number of carboxylic acids is 1. The van der Waals surface area contributed by atoms with Crippen LogP contribution in [0.5, 0.6) is 0 Å². The fraction of sp³-hybridized carbons (Fsp3) is 0.389. The SMILES string of the molecule is C[N+]#CCCc1ccc2nccc(SC3(C(=O)O)CCC3)c2c1. The fourth-order valence-corrected chi connectivity index (χ4v) is 4.20. The van der Waals surface area contributed by atoms with Gasteiger partial charge in [0, 0.05) is 16.5 Å². The van der Waals surface area contributed by atoms with Gasteiger partial charge in [0.1, 0.15) is 4.75 Å². The van der Waals surface area contributed by atoms with Crippen LogP contribution in [-0.4, -0.2) is 27.9 Å². The topological polar surface area (TPSA) is 54.5 Å². The van der Waals surface area contributed by atoms with Crippen molar-refractivity contribution < 1.29 is 9.90 Å². The molecule has 1 aliphatic carbocycles. The van der Waals surface area contributed by atoms with Crippen molar-refractivity contribution in [3.8, 4) is 6.07 Å². The second kappa shape index (κ2) is 6.59. The number of rotatable bonds is 5. The van der Waals surface area contributed by atoms with E-state index >= 15 is 0 Å². The number of nitrogens with zero attached hydrogens (tertiary/aromatic N) is 2. The molecular weight excluding hydrogens is 308 g/mol. The lowest BCUT2D eigenvalue weighted by atomic mass is 9.84. The van der Waals surface area contributed by atoms with E-state index in [1.165, 1.54) is 17.3 Å². The number of aromatic nitrogens is 1. The van der Waals surface area contributed by atoms with Crippen molar-refractivity contribution >= 4 is 28.6 Å². The van der Waals surface area contributed by atoms with Crippen LogP contribution in [0.4, 0.5) is 0 Å². The van der Waals surface area contributed by atoms with Crippen LogP contribution in [0.1, 0.15) is 31.2 Å². The van der Waals surface area contributed by atoms with Gasteiger partial charge in [-0.1, -0.05) is 10.9 Å². The summed E-state index contributed by atoms with van der Waals surface area (Å²) in [6.07, 6.45) is 5.87. The Labute approximate surface area is 139 Å². The maximum Gasteiger partial charge on any atom is 0.320 e. The Bertz CT molecular complexity index is 804. The van der Waals surface area contributed by atoms with Crippen LogP contribution < -0.4 is 0 Å². The first-order valence-electron chi connectivity index (χ1n) is 7.76. The molecule has 0 bridgehead atoms. The van der Waals surface area contributed by atoms with Gasteiger partial charge in [0.05, 0.1) is 11.9 Å². The number of fused-ring (bicyclic) bond motifs is 1. The van der Waals surface area contributed by atoms with Crippen molar-refractivity contribution in [2.24, 2.45) is 0 Å². The van der Waals surface area contributed by atoms with Crippen LogP contribution in [0.2, 0.25) is 0 Å². The maximum absolute atomic E-state index is 11.6. The van der Waals surface area contributed by atoms with Gasteiger partial charge >= 0.3 is 5.97 Å². The summed E-state index contributed by atoms with van der Waals surface area (Å²) in [4.78, 5) is 20.9. The van der Waals surface area contributed by atoms with E-state index in [4.69, 9.17) is 0 Å². The van der Waals surface area contributed by atoms with Crippen molar-refractivity contribution in [3.05, 3.63) is 40.9 Å². The third-order valence-electron chi connectivity index (χ3n) is 4.31. The van der Waals surface area contributed by atoms with Crippen molar-refractivity contribution in [2.45, 2.75) is 41.7 Å². The molecule has 1 aromatic heterocycles. The summed E-state index contributed by atoms with van der Waals surface area (Å²) < 4.78 is -0.660. The molecule has 1 heterocycles. The summed E-state index contributed by atoms with van der Waals surface area (Å²) in [5.74, 6) is -0.705. The quantitative estimate of drug-likeness (QED) is 0.893. The fourth-order valence-electron chi connectivity index (χ4n) is 2.79. The number of aliphatic carboxylic acids is 1. The maximum atomic E-state index is 11.6. The summed E-state index contributed by atoms with van der Waals surface area (Å²) in [5.41, 5.74) is 2.10. The lowest BCUT2D eigenvalue weighted by Gasteiger charge is -2.37. The van der Waals surface area contributed by atoms with Gasteiger partial charge in [-0.3, -0.25) is 9.78 Å². The number of carboxylic acid groups (broad SMARTS) is 1. The predicted octanol–water partition coefficient (Wildman–Crippen LogP) is 4.23. The normalized spacial score (nSPS) is 15.5. The van der Waals surface area contributed by atoms with E-state index in [0.29, 0.717) is 0 Å². The van der Waals surface area contributed by atoms with Gasteiger partial charge in [0.2, 0.25) is 0 Å². The highest BCUT2D eigenvalue weighted by Crippen LogP contribution is 2.49. The van der Waals surface area contributed by atoms with Crippen molar-refractivity contribution in [1.29, 1.82) is 0 Å². The third kappa shape index (κ3) is 3.18. The van der Waals surface area contributed by atoms with E-state index in [9.17, 15) is 9.90 Å². The monoisotopic (exact) mass is 327 g/mol. The van der Waals surface area contributed by atoms with Crippen LogP contribution in [0.15, 0.2) is 35.4 Å². The van der Waals surface area contributed by atoms with Crippen LogP contribution in [-0.2, 0) is 11.2 Å². The first-order chi connectivity index (χ1) is 11.1. The minimum Gasteiger partial charge on any atom is -0.480 e. The van der Waals surface area contributed by atoms with Gasteiger partial charge in [0.25, 0.3) is 13.1 Å². The van der Waals surface area contributed by atoms with Gasteiger partial charge in [-0.15, -0.1) is 11.8 Å². The Hall–Kier alpha value is -2.06. The van der Waals surface area contributed by atoms with Gasteiger partial charge < -0.3 is 5.11 Å². The van der Waals surface area contributed by atoms with Gasteiger partial charge in [-0.05, 0) is 49.4 Å². The number of hydrogen-bond donors (Lipinski definition) is 1. The molecule has 118 valence electrons. The average molecular weight is 327 g/mol. The summed E-state index contributed by atoms with van der Waals surface area (Å²) >= 11 is 1.48. The minimum absolute atomic E-state index is 0.660. The zero-order valence-electron chi connectivity index (χ0n) is 13.1. The lowest BCUT2D eigenvalue weighted by molar-refractivity contribution is -0.142. The van der Waals surface area contributed by atoms with Crippen molar-refractivity contribution in [2.75, 3.05) is 7.05 Å². The minimum atomic E-state index is -0.705. The Morgan fingerprint density at radius 1 is 1.43 bits per heavy atom. The second-order valence-corrected chi connectivity index (χ2v) is 7.22. The van der Waals surface area contributed by atoms with Gasteiger partial charge in [-0.25, -0.2) is 0 Å². The molecule has 23 heavy (non-hydrogen) atoms. The van der Waals surface area contributed by atoms with Crippen LogP contribution in [0, 0.1) is 6.07 Å². The molecule has 1 saturated carbocycles. The average Bonchev–Trinajstić information content (AvgIpc) is 2.51. The van der Waals surface area contributed by atoms with E-state index < -0.39 is 10.7 Å². The molecule has 2 aromatic rings. The van der Waals surface area contributed by atoms with Crippen molar-refractivity contribution in [3.63, 3.8) is 0 Å². The number of carbonyl (C=O) groups is 1. The number of pyridine rings is 1. The van der Waals surface area contributed by atoms with Crippen molar-refractivity contribution in [1.82, 2.24) is 4.98 Å². The third-order valence-corrected chi connectivity index (χ3v) is 5.86. The van der Waals surface area contributed by atoms with E-state index in [0.717, 1.165) is 47.9 Å². The highest BCUT2D eigenvalue weighted by molar-refractivity contribution is 8.01. The molecule has 1 aromatic carbocycles. The molecule has 0 radical (unpaired) electrons. The number of thioether (sulfide) groups is 1. The van der Waals surface area contributed by atoms with E-state index in [1.54, 1.807) is 13.2 Å². The highest BCUT2D eigenvalue weighted by atomic mass is 32.2. The highest BCUT2D eigenvalue weighted by Gasteiger charge is 2.45. The van der Waals surface area contributed by atoms with Gasteiger partial charge in [0.15, 0.2) is 0 Å². The lowest BCUT2D eigenvalue weighted by Crippen LogP contribution is -2.41. The molecule has 3 rings (SSSR count). The van der Waals surface area contributed by atoms with E-state index in [1.807, 2.05) is 12.1 Å². The first kappa shape index (κ1) is 15.8. The Kier molecular flexibility index (Phi) is 4.53. The molecule has 0 spiro atoms. The number of benzene rings is 1. The molecule has 0 unspecified atom stereocenters. The Morgan fingerprint density at radius 2 is 2.26 bits per heavy atom. The molecule has 1 N–H and O–H groups in total. The first-order valence-corrected chi connectivity index (χ1v) is 8.58. The van der Waals surface area contributed by atoms with Gasteiger partial charge in [-0.2, -0.15) is 0 Å². The molecule has 0 amide bonds. The zero-order valence-corrected chi connectivity index (χ0v) is 13.9. The molecule has 0 aliphatic heterocycles. The summed E-state index contributed by atoms with van der Waals surface area (Å²) in [6.45, 7) is 0. The van der Waals surface area contributed by atoms with Crippen LogP contribution >= 0.6 is 11.8 Å². The second-order valence-electron chi connectivity index (χ2n) is 5.80. The smallest absolute Gasteiger partial charge is 0.320 e. The van der Waals surface area contributed by atoms with Crippen LogP contribution in [0.3, 0.4) is 0 Å². The standard InChI is InChI=1S/C18H18N2O2S/c1-19-10-2-4-13-5-6-15-14(12-13)16(7-11-20-15)23-18(17(21)22)8-3-9-18/h5-7,11-12H,2-4,8-9H2,1H3/p+1. The molecule has 0 atom stereocenters. The molecule has 1 fully saturated rings. The van der Waals surface area contributed by atoms with Crippen LogP contribution in [0.25, 0.3) is 15.7 Å². The molecule has 1 aliphatic rings. The molecule has 4 nitrogen and oxygen atoms in total. The molecule has 0 saturated heterocycles. The number of aryl methyl sites for hydroxylation is 1. The number of hydrogen-bond acceptors (Lipinski definition) is 3. The largest absolute Gasteiger partial charge is 0.480 e. The summed E-state index contributed by atoms with van der Waals surface area (Å²) in [6, 6.07) is 11.1. The molecular formula is C18H19N2O2S+. The molecule has 5 heteroatoms. The van der Waals surface area contributed by atoms with E-state index in [-0.39, 0.29) is 0 Å². The summed E-state index contributed by atoms with van der Waals surface area (Å²) in [5, 5.41) is 10.6. The zero-order chi connectivity index (χ0) is 16.3. The Balaban J connectivity index is 1.94. The summed E-state index contributed by atoms with van der Waals surface area (Å²) in [7, 11) is 1.73.